The van der Waals surface area contributed by atoms with Gasteiger partial charge in [-0.25, -0.2) is 0 Å². The summed E-state index contributed by atoms with van der Waals surface area (Å²) in [6.45, 7) is 10.7. The second kappa shape index (κ2) is 5.06. The molecule has 4 heteroatoms. The molecule has 1 aromatic carbocycles. The first-order valence-electron chi connectivity index (χ1n) is 7.49. The molecule has 0 N–H and O–H groups in total. The van der Waals surface area contributed by atoms with E-state index in [2.05, 4.69) is 54.5 Å². The SMILES string of the molecule is CCn1ncc2c1Cc1cc(Cl)ccc1N(C(C)(C)C)C2. The molecule has 0 saturated heterocycles. The molecule has 0 unspecified atom stereocenters. The summed E-state index contributed by atoms with van der Waals surface area (Å²) in [5, 5.41) is 5.33. The van der Waals surface area contributed by atoms with Crippen molar-refractivity contribution in [2.24, 2.45) is 0 Å². The summed E-state index contributed by atoms with van der Waals surface area (Å²) in [5.41, 5.74) is 5.25. The number of hydrogen-bond donors (Lipinski definition) is 0. The molecule has 1 aromatic heterocycles. The van der Waals surface area contributed by atoms with E-state index in [1.165, 1.54) is 22.5 Å². The maximum Gasteiger partial charge on any atom is 0.0542 e. The summed E-state index contributed by atoms with van der Waals surface area (Å²) in [4.78, 5) is 2.45. The topological polar surface area (TPSA) is 21.1 Å². The maximum absolute atomic E-state index is 6.23. The Morgan fingerprint density at radius 3 is 2.67 bits per heavy atom. The van der Waals surface area contributed by atoms with Crippen molar-refractivity contribution in [1.82, 2.24) is 9.78 Å². The number of aryl methyl sites for hydroxylation is 1. The molecule has 3 rings (SSSR count). The Balaban J connectivity index is 2.18. The van der Waals surface area contributed by atoms with Gasteiger partial charge in [-0.3, -0.25) is 4.68 Å². The van der Waals surface area contributed by atoms with Crippen LogP contribution in [0.15, 0.2) is 24.4 Å². The molecular formula is C17H22ClN3. The molecule has 2 heterocycles. The first kappa shape index (κ1) is 14.5. The van der Waals surface area contributed by atoms with Gasteiger partial charge in [0.1, 0.15) is 0 Å². The largest absolute Gasteiger partial charge is 0.362 e. The Bertz CT molecular complexity index is 667. The van der Waals surface area contributed by atoms with Gasteiger partial charge in [-0.15, -0.1) is 0 Å². The van der Waals surface area contributed by atoms with Gasteiger partial charge in [-0.1, -0.05) is 11.6 Å². The van der Waals surface area contributed by atoms with E-state index in [1.807, 2.05) is 12.3 Å². The number of aromatic nitrogens is 2. The quantitative estimate of drug-likeness (QED) is 0.784. The Hall–Kier alpha value is -1.48. The summed E-state index contributed by atoms with van der Waals surface area (Å²) < 4.78 is 2.10. The number of hydrogen-bond acceptors (Lipinski definition) is 2. The van der Waals surface area contributed by atoms with Crippen LogP contribution in [0.4, 0.5) is 5.69 Å². The Kier molecular flexibility index (Phi) is 3.48. The van der Waals surface area contributed by atoms with E-state index in [-0.39, 0.29) is 5.54 Å². The standard InChI is InChI=1S/C17H22ClN3/c1-5-21-16-9-12-8-14(18)6-7-15(12)20(17(2,3)4)11-13(16)10-19-21/h6-8,10H,5,9,11H2,1-4H3. The van der Waals surface area contributed by atoms with E-state index in [0.717, 1.165) is 24.5 Å². The van der Waals surface area contributed by atoms with Gasteiger partial charge in [0, 0.05) is 47.0 Å². The van der Waals surface area contributed by atoms with Crippen molar-refractivity contribution >= 4 is 17.3 Å². The fraction of sp³-hybridized carbons (Fsp3) is 0.471. The van der Waals surface area contributed by atoms with E-state index < -0.39 is 0 Å². The van der Waals surface area contributed by atoms with Crippen molar-refractivity contribution in [2.75, 3.05) is 4.90 Å². The molecule has 0 bridgehead atoms. The van der Waals surface area contributed by atoms with Gasteiger partial charge in [0.2, 0.25) is 0 Å². The monoisotopic (exact) mass is 303 g/mol. The first-order valence-corrected chi connectivity index (χ1v) is 7.87. The summed E-state index contributed by atoms with van der Waals surface area (Å²) in [6, 6.07) is 6.23. The minimum Gasteiger partial charge on any atom is -0.362 e. The van der Waals surface area contributed by atoms with Crippen LogP contribution in [0.1, 0.15) is 44.5 Å². The first-order chi connectivity index (χ1) is 9.90. The minimum absolute atomic E-state index is 0.0541. The van der Waals surface area contributed by atoms with Crippen LogP contribution in [-0.4, -0.2) is 15.3 Å². The summed E-state index contributed by atoms with van der Waals surface area (Å²) >= 11 is 6.23. The Morgan fingerprint density at radius 1 is 1.24 bits per heavy atom. The Labute approximate surface area is 131 Å². The fourth-order valence-electron chi connectivity index (χ4n) is 3.05. The van der Waals surface area contributed by atoms with Crippen molar-refractivity contribution in [3.05, 3.63) is 46.2 Å². The van der Waals surface area contributed by atoms with Crippen LogP contribution in [0.3, 0.4) is 0 Å². The van der Waals surface area contributed by atoms with Crippen molar-refractivity contribution < 1.29 is 0 Å². The maximum atomic E-state index is 6.23. The lowest BCUT2D eigenvalue weighted by Gasteiger charge is -2.38. The molecule has 0 fully saturated rings. The second-order valence-electron chi connectivity index (χ2n) is 6.64. The highest BCUT2D eigenvalue weighted by Crippen LogP contribution is 2.36. The molecule has 2 aromatic rings. The third-order valence-corrected chi connectivity index (χ3v) is 4.40. The normalized spacial score (nSPS) is 14.6. The zero-order chi connectivity index (χ0) is 15.2. The van der Waals surface area contributed by atoms with E-state index in [4.69, 9.17) is 11.6 Å². The minimum atomic E-state index is 0.0541. The smallest absolute Gasteiger partial charge is 0.0542 e. The van der Waals surface area contributed by atoms with Gasteiger partial charge in [0.15, 0.2) is 0 Å². The third kappa shape index (κ3) is 2.55. The van der Waals surface area contributed by atoms with E-state index in [1.54, 1.807) is 0 Å². The molecule has 1 aliphatic rings. The van der Waals surface area contributed by atoms with Gasteiger partial charge >= 0.3 is 0 Å². The van der Waals surface area contributed by atoms with Gasteiger partial charge in [0.05, 0.1) is 6.20 Å². The predicted octanol–water partition coefficient (Wildman–Crippen LogP) is 4.27. The van der Waals surface area contributed by atoms with Gasteiger partial charge in [-0.2, -0.15) is 5.10 Å². The lowest BCUT2D eigenvalue weighted by Crippen LogP contribution is -2.41. The number of rotatable bonds is 1. The van der Waals surface area contributed by atoms with Crippen molar-refractivity contribution in [2.45, 2.75) is 52.7 Å². The van der Waals surface area contributed by atoms with E-state index in [9.17, 15) is 0 Å². The predicted molar refractivity (Wildman–Crippen MR) is 88.1 cm³/mol. The molecule has 1 aliphatic heterocycles. The molecule has 0 spiro atoms. The number of halogens is 1. The van der Waals surface area contributed by atoms with Gasteiger partial charge in [0.25, 0.3) is 0 Å². The van der Waals surface area contributed by atoms with Gasteiger partial charge in [-0.05, 0) is 51.5 Å². The summed E-state index contributed by atoms with van der Waals surface area (Å²) in [7, 11) is 0. The number of fused-ring (bicyclic) bond motifs is 2. The molecule has 0 amide bonds. The zero-order valence-corrected chi connectivity index (χ0v) is 13.9. The highest BCUT2D eigenvalue weighted by atomic mass is 35.5. The van der Waals surface area contributed by atoms with Gasteiger partial charge < -0.3 is 4.90 Å². The molecule has 0 aliphatic carbocycles. The fourth-order valence-corrected chi connectivity index (χ4v) is 3.25. The lowest BCUT2D eigenvalue weighted by atomic mass is 10.0. The average Bonchev–Trinajstić information content (AvgIpc) is 2.70. The van der Waals surface area contributed by atoms with Crippen LogP contribution in [0.2, 0.25) is 5.02 Å². The average molecular weight is 304 g/mol. The van der Waals surface area contributed by atoms with Crippen LogP contribution < -0.4 is 4.90 Å². The van der Waals surface area contributed by atoms with Crippen LogP contribution in [0.25, 0.3) is 0 Å². The molecule has 0 radical (unpaired) electrons. The number of benzene rings is 1. The van der Waals surface area contributed by atoms with Crippen LogP contribution in [-0.2, 0) is 19.5 Å². The summed E-state index contributed by atoms with van der Waals surface area (Å²) in [5.74, 6) is 0. The molecular weight excluding hydrogens is 282 g/mol. The Morgan fingerprint density at radius 2 is 2.00 bits per heavy atom. The summed E-state index contributed by atoms with van der Waals surface area (Å²) in [6.07, 6.45) is 2.91. The molecule has 112 valence electrons. The van der Waals surface area contributed by atoms with Crippen LogP contribution in [0.5, 0.6) is 0 Å². The number of nitrogens with zero attached hydrogens (tertiary/aromatic N) is 3. The molecule has 21 heavy (non-hydrogen) atoms. The van der Waals surface area contributed by atoms with E-state index in [0.29, 0.717) is 0 Å². The highest BCUT2D eigenvalue weighted by molar-refractivity contribution is 6.30. The van der Waals surface area contributed by atoms with Crippen LogP contribution in [0, 0.1) is 0 Å². The van der Waals surface area contributed by atoms with Crippen molar-refractivity contribution in [3.8, 4) is 0 Å². The highest BCUT2D eigenvalue weighted by Gasteiger charge is 2.29. The van der Waals surface area contributed by atoms with E-state index >= 15 is 0 Å². The number of anilines is 1. The van der Waals surface area contributed by atoms with Crippen molar-refractivity contribution in [1.29, 1.82) is 0 Å². The lowest BCUT2D eigenvalue weighted by molar-refractivity contribution is 0.501. The molecule has 0 saturated carbocycles. The van der Waals surface area contributed by atoms with Crippen molar-refractivity contribution in [3.63, 3.8) is 0 Å². The third-order valence-electron chi connectivity index (χ3n) is 4.16. The second-order valence-corrected chi connectivity index (χ2v) is 7.08. The zero-order valence-electron chi connectivity index (χ0n) is 13.2. The van der Waals surface area contributed by atoms with Crippen LogP contribution >= 0.6 is 11.6 Å². The molecule has 3 nitrogen and oxygen atoms in total. The molecule has 0 atom stereocenters.